The molecule has 0 aliphatic heterocycles. The number of hydrogen-bond donors (Lipinski definition) is 0. The van der Waals surface area contributed by atoms with Gasteiger partial charge in [-0.2, -0.15) is 5.10 Å². The number of carbonyl (C=O) groups excluding carboxylic acids is 1. The molecule has 0 atom stereocenters. The molecule has 0 saturated heterocycles. The molecule has 0 amide bonds. The molecular formula is C13H11ClN2O. The van der Waals surface area contributed by atoms with Crippen molar-refractivity contribution in [2.24, 2.45) is 0 Å². The van der Waals surface area contributed by atoms with Gasteiger partial charge in [0.1, 0.15) is 5.69 Å². The maximum absolute atomic E-state index is 10.8. The minimum Gasteiger partial charge on any atom is -0.296 e. The number of aromatic nitrogens is 2. The molecule has 0 unspecified atom stereocenters. The van der Waals surface area contributed by atoms with Gasteiger partial charge < -0.3 is 0 Å². The predicted octanol–water partition coefficient (Wildman–Crippen LogP) is 3.22. The fourth-order valence-corrected chi connectivity index (χ4v) is 2.14. The average Bonchev–Trinajstić information content (AvgIpc) is 3.08. The molecular weight excluding hydrogens is 236 g/mol. The summed E-state index contributed by atoms with van der Waals surface area (Å²) in [6.45, 7) is 0. The SMILES string of the molecule is O=Cc1cc(C2CC2)n(-c2cccc(Cl)c2)n1. The Morgan fingerprint density at radius 1 is 1.35 bits per heavy atom. The summed E-state index contributed by atoms with van der Waals surface area (Å²) in [6, 6.07) is 9.38. The van der Waals surface area contributed by atoms with Crippen LogP contribution in [-0.2, 0) is 0 Å². The number of rotatable bonds is 3. The summed E-state index contributed by atoms with van der Waals surface area (Å²) in [5.74, 6) is 0.537. The van der Waals surface area contributed by atoms with E-state index >= 15 is 0 Å². The Balaban J connectivity index is 2.12. The average molecular weight is 247 g/mol. The van der Waals surface area contributed by atoms with E-state index in [1.807, 2.05) is 35.0 Å². The monoisotopic (exact) mass is 246 g/mol. The van der Waals surface area contributed by atoms with E-state index in [0.717, 1.165) is 17.7 Å². The fraction of sp³-hybridized carbons (Fsp3) is 0.231. The summed E-state index contributed by atoms with van der Waals surface area (Å²) >= 11 is 5.97. The van der Waals surface area contributed by atoms with Gasteiger partial charge in [-0.1, -0.05) is 17.7 Å². The summed E-state index contributed by atoms with van der Waals surface area (Å²) in [5.41, 5.74) is 2.49. The molecule has 0 spiro atoms. The van der Waals surface area contributed by atoms with Crippen molar-refractivity contribution in [3.8, 4) is 5.69 Å². The highest BCUT2D eigenvalue weighted by atomic mass is 35.5. The molecule has 1 heterocycles. The van der Waals surface area contributed by atoms with E-state index in [9.17, 15) is 4.79 Å². The van der Waals surface area contributed by atoms with Gasteiger partial charge in [-0.15, -0.1) is 0 Å². The van der Waals surface area contributed by atoms with Crippen LogP contribution in [0.15, 0.2) is 30.3 Å². The Kier molecular flexibility index (Phi) is 2.48. The first-order valence-corrected chi connectivity index (χ1v) is 5.97. The van der Waals surface area contributed by atoms with Crippen molar-refractivity contribution in [2.75, 3.05) is 0 Å². The minimum atomic E-state index is 0.479. The van der Waals surface area contributed by atoms with Crippen LogP contribution in [0.3, 0.4) is 0 Å². The summed E-state index contributed by atoms with van der Waals surface area (Å²) in [5, 5.41) is 4.96. The van der Waals surface area contributed by atoms with Crippen molar-refractivity contribution in [3.63, 3.8) is 0 Å². The molecule has 1 aromatic carbocycles. The molecule has 3 rings (SSSR count). The molecule has 1 aliphatic carbocycles. The van der Waals surface area contributed by atoms with Gasteiger partial charge in [-0.05, 0) is 37.1 Å². The Morgan fingerprint density at radius 3 is 2.82 bits per heavy atom. The first-order chi connectivity index (χ1) is 8.28. The second-order valence-electron chi connectivity index (χ2n) is 4.28. The first-order valence-electron chi connectivity index (χ1n) is 5.59. The zero-order valence-corrected chi connectivity index (χ0v) is 9.89. The second-order valence-corrected chi connectivity index (χ2v) is 4.71. The molecule has 86 valence electrons. The molecule has 1 aliphatic rings. The molecule has 0 radical (unpaired) electrons. The van der Waals surface area contributed by atoms with E-state index in [2.05, 4.69) is 5.10 Å². The normalized spacial score (nSPS) is 14.9. The molecule has 2 aromatic rings. The molecule has 0 bridgehead atoms. The van der Waals surface area contributed by atoms with Crippen LogP contribution in [0.25, 0.3) is 5.69 Å². The van der Waals surface area contributed by atoms with E-state index < -0.39 is 0 Å². The topological polar surface area (TPSA) is 34.9 Å². The van der Waals surface area contributed by atoms with Crippen LogP contribution < -0.4 is 0 Å². The molecule has 4 heteroatoms. The Labute approximate surface area is 104 Å². The van der Waals surface area contributed by atoms with Gasteiger partial charge in [0.05, 0.1) is 5.69 Å². The highest BCUT2D eigenvalue weighted by Gasteiger charge is 2.28. The highest BCUT2D eigenvalue weighted by Crippen LogP contribution is 2.41. The smallest absolute Gasteiger partial charge is 0.170 e. The lowest BCUT2D eigenvalue weighted by Gasteiger charge is -2.06. The van der Waals surface area contributed by atoms with Gasteiger partial charge in [0.25, 0.3) is 0 Å². The summed E-state index contributed by atoms with van der Waals surface area (Å²) in [4.78, 5) is 10.8. The van der Waals surface area contributed by atoms with Crippen LogP contribution in [0, 0.1) is 0 Å². The lowest BCUT2D eigenvalue weighted by Crippen LogP contribution is -2.01. The van der Waals surface area contributed by atoms with Gasteiger partial charge in [-0.3, -0.25) is 4.79 Å². The van der Waals surface area contributed by atoms with Crippen LogP contribution in [0.5, 0.6) is 0 Å². The second kappa shape index (κ2) is 4.00. The minimum absolute atomic E-state index is 0.479. The van der Waals surface area contributed by atoms with Crippen molar-refractivity contribution in [3.05, 3.63) is 46.7 Å². The predicted molar refractivity (Wildman–Crippen MR) is 65.9 cm³/mol. The van der Waals surface area contributed by atoms with E-state index in [1.165, 1.54) is 12.8 Å². The lowest BCUT2D eigenvalue weighted by molar-refractivity contribution is 0.111. The van der Waals surface area contributed by atoms with Crippen LogP contribution >= 0.6 is 11.6 Å². The van der Waals surface area contributed by atoms with Gasteiger partial charge >= 0.3 is 0 Å². The fourth-order valence-electron chi connectivity index (χ4n) is 1.96. The Bertz CT molecular complexity index is 573. The van der Waals surface area contributed by atoms with Crippen molar-refractivity contribution < 1.29 is 4.79 Å². The third-order valence-corrected chi connectivity index (χ3v) is 3.16. The van der Waals surface area contributed by atoms with Crippen molar-refractivity contribution in [1.82, 2.24) is 9.78 Å². The molecule has 17 heavy (non-hydrogen) atoms. The maximum atomic E-state index is 10.8. The number of benzene rings is 1. The van der Waals surface area contributed by atoms with Crippen molar-refractivity contribution in [2.45, 2.75) is 18.8 Å². The Morgan fingerprint density at radius 2 is 2.18 bits per heavy atom. The summed E-state index contributed by atoms with van der Waals surface area (Å²) in [6.07, 6.45) is 3.13. The number of hydrogen-bond acceptors (Lipinski definition) is 2. The van der Waals surface area contributed by atoms with Crippen molar-refractivity contribution >= 4 is 17.9 Å². The molecule has 0 N–H and O–H groups in total. The largest absolute Gasteiger partial charge is 0.296 e. The lowest BCUT2D eigenvalue weighted by atomic mass is 10.2. The molecule has 1 fully saturated rings. The van der Waals surface area contributed by atoms with Gasteiger partial charge in [0.15, 0.2) is 6.29 Å². The van der Waals surface area contributed by atoms with Gasteiger partial charge in [0, 0.05) is 16.6 Å². The van der Waals surface area contributed by atoms with Crippen LogP contribution in [-0.4, -0.2) is 16.1 Å². The molecule has 3 nitrogen and oxygen atoms in total. The van der Waals surface area contributed by atoms with E-state index in [-0.39, 0.29) is 0 Å². The standard InChI is InChI=1S/C13H11ClN2O/c14-10-2-1-3-12(6-10)16-13(9-4-5-9)7-11(8-17)15-16/h1-3,6-9H,4-5H2. The molecule has 1 saturated carbocycles. The highest BCUT2D eigenvalue weighted by molar-refractivity contribution is 6.30. The van der Waals surface area contributed by atoms with E-state index in [4.69, 9.17) is 11.6 Å². The number of halogens is 1. The third kappa shape index (κ3) is 1.98. The number of nitrogens with zero attached hydrogens (tertiary/aromatic N) is 2. The summed E-state index contributed by atoms with van der Waals surface area (Å²) < 4.78 is 1.83. The number of carbonyl (C=O) groups is 1. The number of aldehydes is 1. The van der Waals surface area contributed by atoms with Crippen molar-refractivity contribution in [1.29, 1.82) is 0 Å². The molecule has 1 aromatic heterocycles. The van der Waals surface area contributed by atoms with Gasteiger partial charge in [-0.25, -0.2) is 4.68 Å². The Hall–Kier alpha value is -1.61. The zero-order chi connectivity index (χ0) is 11.8. The van der Waals surface area contributed by atoms with Crippen LogP contribution in [0.4, 0.5) is 0 Å². The third-order valence-electron chi connectivity index (χ3n) is 2.92. The van der Waals surface area contributed by atoms with Crippen LogP contribution in [0.2, 0.25) is 5.02 Å². The summed E-state index contributed by atoms with van der Waals surface area (Å²) in [7, 11) is 0. The van der Waals surface area contributed by atoms with E-state index in [0.29, 0.717) is 16.6 Å². The van der Waals surface area contributed by atoms with E-state index in [1.54, 1.807) is 0 Å². The maximum Gasteiger partial charge on any atom is 0.170 e. The first kappa shape index (κ1) is 10.5. The zero-order valence-electron chi connectivity index (χ0n) is 9.14. The quantitative estimate of drug-likeness (QED) is 0.780. The van der Waals surface area contributed by atoms with Gasteiger partial charge in [0.2, 0.25) is 0 Å². The van der Waals surface area contributed by atoms with Crippen LogP contribution in [0.1, 0.15) is 34.9 Å².